The van der Waals surface area contributed by atoms with E-state index < -0.39 is 0 Å². The van der Waals surface area contributed by atoms with E-state index in [0.717, 1.165) is 30.3 Å². The minimum absolute atomic E-state index is 0.266. The van der Waals surface area contributed by atoms with Gasteiger partial charge in [-0.1, -0.05) is 31.5 Å². The number of hydrogen-bond donors (Lipinski definition) is 1. The van der Waals surface area contributed by atoms with Gasteiger partial charge in [-0.15, -0.1) is 0 Å². The summed E-state index contributed by atoms with van der Waals surface area (Å²) in [5, 5.41) is 3.99. The predicted octanol–water partition coefficient (Wildman–Crippen LogP) is 3.20. The van der Waals surface area contributed by atoms with Crippen LogP contribution in [0, 0.1) is 0 Å². The SMILES string of the molecule is CC(C)c1ccc(O[C@@H]2CCNC2)c(Cl)c1. The summed E-state index contributed by atoms with van der Waals surface area (Å²) in [6, 6.07) is 6.08. The van der Waals surface area contributed by atoms with Crippen molar-refractivity contribution >= 4 is 11.6 Å². The number of halogens is 1. The Balaban J connectivity index is 2.09. The van der Waals surface area contributed by atoms with Crippen LogP contribution in [-0.4, -0.2) is 19.2 Å². The molecule has 1 aliphatic rings. The maximum atomic E-state index is 6.21. The largest absolute Gasteiger partial charge is 0.487 e. The zero-order valence-corrected chi connectivity index (χ0v) is 10.6. The van der Waals surface area contributed by atoms with E-state index in [2.05, 4.69) is 25.2 Å². The van der Waals surface area contributed by atoms with Crippen molar-refractivity contribution in [3.05, 3.63) is 28.8 Å². The van der Waals surface area contributed by atoms with Gasteiger partial charge in [-0.2, -0.15) is 0 Å². The molecule has 1 aliphatic heterocycles. The molecule has 1 aromatic rings. The average molecular weight is 240 g/mol. The maximum Gasteiger partial charge on any atom is 0.138 e. The molecule has 16 heavy (non-hydrogen) atoms. The van der Waals surface area contributed by atoms with Crippen molar-refractivity contribution in [3.63, 3.8) is 0 Å². The number of hydrogen-bond acceptors (Lipinski definition) is 2. The van der Waals surface area contributed by atoms with Crippen molar-refractivity contribution in [1.82, 2.24) is 5.32 Å². The maximum absolute atomic E-state index is 6.21. The first-order valence-electron chi connectivity index (χ1n) is 5.83. The van der Waals surface area contributed by atoms with Gasteiger partial charge in [0, 0.05) is 6.54 Å². The Hall–Kier alpha value is -0.730. The Kier molecular flexibility index (Phi) is 3.72. The van der Waals surface area contributed by atoms with E-state index in [9.17, 15) is 0 Å². The molecule has 2 nitrogen and oxygen atoms in total. The van der Waals surface area contributed by atoms with E-state index in [1.54, 1.807) is 0 Å². The van der Waals surface area contributed by atoms with E-state index in [4.69, 9.17) is 16.3 Å². The summed E-state index contributed by atoms with van der Waals surface area (Å²) in [5.74, 6) is 1.31. The van der Waals surface area contributed by atoms with Gasteiger partial charge in [-0.3, -0.25) is 0 Å². The fourth-order valence-electron chi connectivity index (χ4n) is 1.88. The van der Waals surface area contributed by atoms with Crippen molar-refractivity contribution in [1.29, 1.82) is 0 Å². The summed E-state index contributed by atoms with van der Waals surface area (Å²) in [4.78, 5) is 0. The van der Waals surface area contributed by atoms with Gasteiger partial charge < -0.3 is 10.1 Å². The normalized spacial score (nSPS) is 20.4. The van der Waals surface area contributed by atoms with Crippen LogP contribution < -0.4 is 10.1 Å². The van der Waals surface area contributed by atoms with E-state index >= 15 is 0 Å². The molecular weight excluding hydrogens is 222 g/mol. The highest BCUT2D eigenvalue weighted by Crippen LogP contribution is 2.29. The number of rotatable bonds is 3. The van der Waals surface area contributed by atoms with Gasteiger partial charge in [0.2, 0.25) is 0 Å². The van der Waals surface area contributed by atoms with Crippen molar-refractivity contribution < 1.29 is 4.74 Å². The Morgan fingerprint density at radius 1 is 1.44 bits per heavy atom. The Labute approximate surface area is 102 Å². The third-order valence-corrected chi connectivity index (χ3v) is 3.23. The van der Waals surface area contributed by atoms with E-state index in [-0.39, 0.29) is 6.10 Å². The molecule has 1 aromatic carbocycles. The summed E-state index contributed by atoms with van der Waals surface area (Å²) in [7, 11) is 0. The summed E-state index contributed by atoms with van der Waals surface area (Å²) in [6.07, 6.45) is 1.32. The zero-order chi connectivity index (χ0) is 11.5. The molecule has 0 aliphatic carbocycles. The summed E-state index contributed by atoms with van der Waals surface area (Å²) < 4.78 is 5.85. The molecule has 0 aromatic heterocycles. The highest BCUT2D eigenvalue weighted by molar-refractivity contribution is 6.32. The molecule has 0 bridgehead atoms. The van der Waals surface area contributed by atoms with Crippen LogP contribution in [0.1, 0.15) is 31.7 Å². The van der Waals surface area contributed by atoms with Gasteiger partial charge in [0.1, 0.15) is 11.9 Å². The minimum atomic E-state index is 0.266. The van der Waals surface area contributed by atoms with Crippen molar-refractivity contribution in [2.24, 2.45) is 0 Å². The van der Waals surface area contributed by atoms with Crippen LogP contribution in [0.4, 0.5) is 0 Å². The van der Waals surface area contributed by atoms with Crippen LogP contribution in [0.5, 0.6) is 5.75 Å². The van der Waals surface area contributed by atoms with E-state index in [0.29, 0.717) is 5.92 Å². The monoisotopic (exact) mass is 239 g/mol. The second-order valence-corrected chi connectivity index (χ2v) is 4.98. The number of benzene rings is 1. The first kappa shape index (κ1) is 11.7. The van der Waals surface area contributed by atoms with Crippen molar-refractivity contribution in [2.45, 2.75) is 32.3 Å². The lowest BCUT2D eigenvalue weighted by molar-refractivity contribution is 0.223. The fourth-order valence-corrected chi connectivity index (χ4v) is 2.11. The molecule has 1 saturated heterocycles. The van der Waals surface area contributed by atoms with Crippen LogP contribution in [0.25, 0.3) is 0 Å². The highest BCUT2D eigenvalue weighted by Gasteiger charge is 2.17. The molecule has 2 rings (SSSR count). The van der Waals surface area contributed by atoms with Gasteiger partial charge in [0.15, 0.2) is 0 Å². The molecule has 1 heterocycles. The van der Waals surface area contributed by atoms with Crippen LogP contribution in [-0.2, 0) is 0 Å². The van der Waals surface area contributed by atoms with Crippen LogP contribution in [0.3, 0.4) is 0 Å². The van der Waals surface area contributed by atoms with E-state index in [1.807, 2.05) is 12.1 Å². The molecule has 1 fully saturated rings. The zero-order valence-electron chi connectivity index (χ0n) is 9.79. The smallest absolute Gasteiger partial charge is 0.138 e. The lowest BCUT2D eigenvalue weighted by atomic mass is 10.0. The standard InChI is InChI=1S/C13H18ClNO/c1-9(2)10-3-4-13(12(14)7-10)16-11-5-6-15-8-11/h3-4,7,9,11,15H,5-6,8H2,1-2H3/t11-/m1/s1. The van der Waals surface area contributed by atoms with Crippen LogP contribution in [0.2, 0.25) is 5.02 Å². The molecule has 3 heteroatoms. The lowest BCUT2D eigenvalue weighted by Gasteiger charge is -2.15. The molecule has 0 saturated carbocycles. The van der Waals surface area contributed by atoms with Gasteiger partial charge in [0.05, 0.1) is 5.02 Å². The van der Waals surface area contributed by atoms with Gasteiger partial charge in [-0.05, 0) is 36.6 Å². The first-order valence-corrected chi connectivity index (χ1v) is 6.21. The van der Waals surface area contributed by atoms with Crippen molar-refractivity contribution in [2.75, 3.05) is 13.1 Å². The quantitative estimate of drug-likeness (QED) is 0.875. The Morgan fingerprint density at radius 2 is 2.25 bits per heavy atom. The third-order valence-electron chi connectivity index (χ3n) is 2.93. The number of nitrogens with one attached hydrogen (secondary N) is 1. The molecule has 1 N–H and O–H groups in total. The lowest BCUT2D eigenvalue weighted by Crippen LogP contribution is -2.19. The van der Waals surface area contributed by atoms with E-state index in [1.165, 1.54) is 5.56 Å². The minimum Gasteiger partial charge on any atom is -0.487 e. The fraction of sp³-hybridized carbons (Fsp3) is 0.538. The predicted molar refractivity (Wildman–Crippen MR) is 67.4 cm³/mol. The first-order chi connectivity index (χ1) is 7.66. The second-order valence-electron chi connectivity index (χ2n) is 4.58. The molecule has 88 valence electrons. The van der Waals surface area contributed by atoms with Gasteiger partial charge in [0.25, 0.3) is 0 Å². The van der Waals surface area contributed by atoms with Crippen LogP contribution >= 0.6 is 11.6 Å². The molecule has 0 amide bonds. The third kappa shape index (κ3) is 2.69. The summed E-state index contributed by atoms with van der Waals surface area (Å²) in [6.45, 7) is 6.27. The second kappa shape index (κ2) is 5.07. The molecule has 1 atom stereocenters. The topological polar surface area (TPSA) is 21.3 Å². The summed E-state index contributed by atoms with van der Waals surface area (Å²) >= 11 is 6.21. The molecular formula is C13H18ClNO. The molecule has 0 unspecified atom stereocenters. The highest BCUT2D eigenvalue weighted by atomic mass is 35.5. The Morgan fingerprint density at radius 3 is 2.81 bits per heavy atom. The van der Waals surface area contributed by atoms with Crippen molar-refractivity contribution in [3.8, 4) is 5.75 Å². The Bertz CT molecular complexity index is 359. The van der Waals surface area contributed by atoms with Gasteiger partial charge in [-0.25, -0.2) is 0 Å². The summed E-state index contributed by atoms with van der Waals surface area (Å²) in [5.41, 5.74) is 1.25. The molecule has 0 spiro atoms. The van der Waals surface area contributed by atoms with Gasteiger partial charge >= 0.3 is 0 Å². The number of ether oxygens (including phenoxy) is 1. The average Bonchev–Trinajstić information content (AvgIpc) is 2.73. The molecule has 0 radical (unpaired) electrons. The van der Waals surface area contributed by atoms with Crippen LogP contribution in [0.15, 0.2) is 18.2 Å².